The van der Waals surface area contributed by atoms with Gasteiger partial charge in [0.15, 0.2) is 0 Å². The van der Waals surface area contributed by atoms with Gasteiger partial charge in [0.25, 0.3) is 0 Å². The van der Waals surface area contributed by atoms with Crippen LogP contribution in [0.5, 0.6) is 0 Å². The molecule has 0 aromatic heterocycles. The molecule has 3 fully saturated rings. The van der Waals surface area contributed by atoms with Gasteiger partial charge < -0.3 is 10.2 Å². The molecule has 2 heteroatoms. The maximum Gasteiger partial charge on any atom is 0.0198 e. The second kappa shape index (κ2) is 5.27. The van der Waals surface area contributed by atoms with E-state index in [-0.39, 0.29) is 0 Å². The Labute approximate surface area is 106 Å². The molecule has 1 aliphatic heterocycles. The lowest BCUT2D eigenvalue weighted by molar-refractivity contribution is 0.129. The van der Waals surface area contributed by atoms with Crippen molar-refractivity contribution >= 4 is 0 Å². The van der Waals surface area contributed by atoms with Crippen LogP contribution in [0.2, 0.25) is 0 Å². The van der Waals surface area contributed by atoms with E-state index in [1.54, 1.807) is 0 Å². The molecule has 0 aromatic rings. The molecule has 1 saturated heterocycles. The summed E-state index contributed by atoms with van der Waals surface area (Å²) in [5.74, 6) is 3.14. The number of piperidine rings is 1. The molecule has 0 bridgehead atoms. The van der Waals surface area contributed by atoms with Crippen molar-refractivity contribution in [2.75, 3.05) is 26.2 Å². The van der Waals surface area contributed by atoms with Crippen LogP contribution in [0.4, 0.5) is 0 Å². The molecule has 1 heterocycles. The lowest BCUT2D eigenvalue weighted by Gasteiger charge is -2.38. The maximum absolute atomic E-state index is 3.69. The van der Waals surface area contributed by atoms with Crippen LogP contribution in [0, 0.1) is 17.8 Å². The molecule has 2 atom stereocenters. The van der Waals surface area contributed by atoms with Gasteiger partial charge in [-0.15, -0.1) is 0 Å². The molecule has 0 amide bonds. The fraction of sp³-hybridized carbons (Fsp3) is 1.00. The second-order valence-corrected chi connectivity index (χ2v) is 6.70. The molecule has 98 valence electrons. The molecule has 3 rings (SSSR count). The van der Waals surface area contributed by atoms with E-state index in [4.69, 9.17) is 0 Å². The van der Waals surface area contributed by atoms with Crippen molar-refractivity contribution in [1.82, 2.24) is 10.2 Å². The van der Waals surface area contributed by atoms with Crippen LogP contribution >= 0.6 is 0 Å². The third-order valence-corrected chi connectivity index (χ3v) is 4.68. The fourth-order valence-corrected chi connectivity index (χ4v) is 3.55. The third-order valence-electron chi connectivity index (χ3n) is 4.68. The zero-order valence-electron chi connectivity index (χ0n) is 11.3. The van der Waals surface area contributed by atoms with Crippen LogP contribution in [0.1, 0.15) is 45.4 Å². The van der Waals surface area contributed by atoms with Crippen LogP contribution in [0.3, 0.4) is 0 Å². The number of likely N-dealkylation sites (tertiary alicyclic amines) is 1. The molecule has 1 N–H and O–H groups in total. The Morgan fingerprint density at radius 3 is 2.41 bits per heavy atom. The highest BCUT2D eigenvalue weighted by atomic mass is 15.2. The van der Waals surface area contributed by atoms with Gasteiger partial charge in [-0.2, -0.15) is 0 Å². The first-order chi connectivity index (χ1) is 8.33. The molecule has 2 unspecified atom stereocenters. The lowest BCUT2D eigenvalue weighted by Crippen LogP contribution is -2.49. The number of hydrogen-bond acceptors (Lipinski definition) is 2. The normalized spacial score (nSPS) is 35.1. The number of likely N-dealkylation sites (N-methyl/N-ethyl adjacent to an activating group) is 1. The van der Waals surface area contributed by atoms with Gasteiger partial charge in [0, 0.05) is 25.7 Å². The van der Waals surface area contributed by atoms with E-state index in [0.717, 1.165) is 30.3 Å². The summed E-state index contributed by atoms with van der Waals surface area (Å²) in [6, 6.07) is 0.774. The van der Waals surface area contributed by atoms with Crippen LogP contribution < -0.4 is 5.32 Å². The molecule has 2 saturated carbocycles. The van der Waals surface area contributed by atoms with E-state index in [1.165, 1.54) is 58.2 Å². The predicted molar refractivity (Wildman–Crippen MR) is 72.1 cm³/mol. The van der Waals surface area contributed by atoms with Gasteiger partial charge in [-0.25, -0.2) is 0 Å². The first-order valence-electron chi connectivity index (χ1n) is 7.79. The molecule has 2 aliphatic carbocycles. The minimum Gasteiger partial charge on any atom is -0.313 e. The van der Waals surface area contributed by atoms with Gasteiger partial charge in [0.1, 0.15) is 0 Å². The lowest BCUT2D eigenvalue weighted by atomic mass is 9.89. The SMILES string of the molecule is CCNC1CC(CC2CC2)CN(CC2CC2)C1. The van der Waals surface area contributed by atoms with Crippen LogP contribution in [-0.4, -0.2) is 37.1 Å². The number of rotatable bonds is 6. The first-order valence-corrected chi connectivity index (χ1v) is 7.79. The summed E-state index contributed by atoms with van der Waals surface area (Å²) >= 11 is 0. The van der Waals surface area contributed by atoms with Crippen molar-refractivity contribution in [2.45, 2.75) is 51.5 Å². The van der Waals surface area contributed by atoms with E-state index in [0.29, 0.717) is 0 Å². The second-order valence-electron chi connectivity index (χ2n) is 6.70. The van der Waals surface area contributed by atoms with E-state index < -0.39 is 0 Å². The quantitative estimate of drug-likeness (QED) is 0.762. The topological polar surface area (TPSA) is 15.3 Å². The summed E-state index contributed by atoms with van der Waals surface area (Å²) in [5.41, 5.74) is 0. The third kappa shape index (κ3) is 3.69. The Hall–Kier alpha value is -0.0800. The van der Waals surface area contributed by atoms with Gasteiger partial charge in [-0.05, 0) is 50.0 Å². The van der Waals surface area contributed by atoms with Gasteiger partial charge in [0.2, 0.25) is 0 Å². The highest BCUT2D eigenvalue weighted by molar-refractivity contribution is 4.89. The van der Waals surface area contributed by atoms with E-state index in [9.17, 15) is 0 Å². The summed E-state index contributed by atoms with van der Waals surface area (Å²) in [6.07, 6.45) is 8.98. The first kappa shape index (κ1) is 12.0. The molecular weight excluding hydrogens is 208 g/mol. The summed E-state index contributed by atoms with van der Waals surface area (Å²) in [5, 5.41) is 3.69. The van der Waals surface area contributed by atoms with Gasteiger partial charge in [-0.3, -0.25) is 0 Å². The van der Waals surface area contributed by atoms with Gasteiger partial charge >= 0.3 is 0 Å². The average molecular weight is 236 g/mol. The van der Waals surface area contributed by atoms with Crippen molar-refractivity contribution < 1.29 is 0 Å². The van der Waals surface area contributed by atoms with E-state index in [2.05, 4.69) is 17.1 Å². The molecule has 17 heavy (non-hydrogen) atoms. The van der Waals surface area contributed by atoms with Crippen molar-refractivity contribution in [1.29, 1.82) is 0 Å². The minimum absolute atomic E-state index is 0.774. The zero-order chi connectivity index (χ0) is 11.7. The summed E-state index contributed by atoms with van der Waals surface area (Å²) in [7, 11) is 0. The Bertz CT molecular complexity index is 223. The smallest absolute Gasteiger partial charge is 0.0198 e. The molecule has 0 radical (unpaired) electrons. The molecule has 2 nitrogen and oxygen atoms in total. The standard InChI is InChI=1S/C15H28N2/c1-2-16-15-8-14(7-12-3-4-12)10-17(11-15)9-13-5-6-13/h12-16H,2-11H2,1H3. The highest BCUT2D eigenvalue weighted by Gasteiger charge is 2.33. The van der Waals surface area contributed by atoms with E-state index >= 15 is 0 Å². The predicted octanol–water partition coefficient (Wildman–Crippen LogP) is 2.50. The summed E-state index contributed by atoms with van der Waals surface area (Å²) in [4.78, 5) is 2.77. The van der Waals surface area contributed by atoms with E-state index in [1.807, 2.05) is 0 Å². The number of nitrogens with zero attached hydrogens (tertiary/aromatic N) is 1. The Balaban J connectivity index is 1.51. The van der Waals surface area contributed by atoms with Crippen molar-refractivity contribution in [3.8, 4) is 0 Å². The Morgan fingerprint density at radius 1 is 1.00 bits per heavy atom. The van der Waals surface area contributed by atoms with Crippen LogP contribution in [-0.2, 0) is 0 Å². The average Bonchev–Trinajstić information content (AvgIpc) is 3.14. The maximum atomic E-state index is 3.69. The molecule has 0 spiro atoms. The van der Waals surface area contributed by atoms with Crippen LogP contribution in [0.25, 0.3) is 0 Å². The molecule has 3 aliphatic rings. The van der Waals surface area contributed by atoms with Gasteiger partial charge in [-0.1, -0.05) is 19.8 Å². The van der Waals surface area contributed by atoms with Crippen molar-refractivity contribution in [2.24, 2.45) is 17.8 Å². The minimum atomic E-state index is 0.774. The highest BCUT2D eigenvalue weighted by Crippen LogP contribution is 2.38. The summed E-state index contributed by atoms with van der Waals surface area (Å²) in [6.45, 7) is 7.48. The zero-order valence-corrected chi connectivity index (χ0v) is 11.3. The van der Waals surface area contributed by atoms with Crippen LogP contribution in [0.15, 0.2) is 0 Å². The van der Waals surface area contributed by atoms with Crippen molar-refractivity contribution in [3.63, 3.8) is 0 Å². The Morgan fingerprint density at radius 2 is 1.76 bits per heavy atom. The number of hydrogen-bond donors (Lipinski definition) is 1. The fourth-order valence-electron chi connectivity index (χ4n) is 3.55. The largest absolute Gasteiger partial charge is 0.313 e. The summed E-state index contributed by atoms with van der Waals surface area (Å²) < 4.78 is 0. The Kier molecular flexibility index (Phi) is 3.72. The molecular formula is C15H28N2. The number of nitrogens with one attached hydrogen (secondary N) is 1. The monoisotopic (exact) mass is 236 g/mol. The van der Waals surface area contributed by atoms with Gasteiger partial charge in [0.05, 0.1) is 0 Å². The van der Waals surface area contributed by atoms with Crippen molar-refractivity contribution in [3.05, 3.63) is 0 Å². The molecule has 0 aromatic carbocycles.